The zero-order valence-electron chi connectivity index (χ0n) is 35.5. The molecule has 7 aromatic rings. The summed E-state index contributed by atoms with van der Waals surface area (Å²) < 4.78 is 149. The Hall–Kier alpha value is -6.42. The summed E-state index contributed by atoms with van der Waals surface area (Å²) in [5.41, 5.74) is -1.30. The van der Waals surface area contributed by atoms with Crippen LogP contribution in [0.3, 0.4) is 0 Å². The molecule has 4 heterocycles. The monoisotopic (exact) mass is 973 g/mol. The second-order valence-electron chi connectivity index (χ2n) is 17.0. The van der Waals surface area contributed by atoms with Gasteiger partial charge in [-0.2, -0.15) is 19.0 Å². The van der Waals surface area contributed by atoms with Crippen molar-refractivity contribution in [3.8, 4) is 16.9 Å². The topological polar surface area (TPSA) is 159 Å². The molecule has 2 aliphatic rings. The van der Waals surface area contributed by atoms with Crippen LogP contribution in [-0.2, 0) is 40.3 Å². The molecule has 23 heteroatoms. The summed E-state index contributed by atoms with van der Waals surface area (Å²) in [6, 6.07) is 11.3. The van der Waals surface area contributed by atoms with Crippen molar-refractivity contribution in [2.24, 2.45) is 5.92 Å². The van der Waals surface area contributed by atoms with E-state index in [1.54, 1.807) is 19.1 Å². The van der Waals surface area contributed by atoms with Crippen LogP contribution < -0.4 is 15.6 Å². The maximum absolute atomic E-state index is 15.6. The number of hydrogen-bond donors (Lipinski definition) is 2. The molecule has 0 aliphatic heterocycles. The first-order valence-corrected chi connectivity index (χ1v) is 22.7. The summed E-state index contributed by atoms with van der Waals surface area (Å²) in [5, 5.41) is 9.91. The zero-order chi connectivity index (χ0) is 48.2. The minimum atomic E-state index is -4.14. The molecular formula is C44H36ClF8N9O4S. The molecule has 9 rings (SSSR count). The molecule has 0 bridgehead atoms. The number of carbonyl (C=O) groups excluding carboxylic acids is 1. The van der Waals surface area contributed by atoms with Gasteiger partial charge in [0.05, 0.1) is 50.5 Å². The number of alkyl halides is 6. The number of pyridine rings is 1. The third-order valence-electron chi connectivity index (χ3n) is 11.5. The van der Waals surface area contributed by atoms with Crippen LogP contribution in [-0.4, -0.2) is 60.6 Å². The Kier molecular flexibility index (Phi) is 11.0. The fraction of sp³-hybridized carbons (Fsp3) is 0.318. The Morgan fingerprint density at radius 1 is 0.985 bits per heavy atom. The lowest BCUT2D eigenvalue weighted by Crippen LogP contribution is -2.38. The van der Waals surface area contributed by atoms with Gasteiger partial charge in [-0.3, -0.25) is 33.2 Å². The second kappa shape index (κ2) is 16.1. The predicted octanol–water partition coefficient (Wildman–Crippen LogP) is 8.82. The van der Waals surface area contributed by atoms with Gasteiger partial charge in [0, 0.05) is 42.1 Å². The van der Waals surface area contributed by atoms with E-state index in [-0.39, 0.29) is 50.1 Å². The van der Waals surface area contributed by atoms with Gasteiger partial charge in [-0.25, -0.2) is 39.7 Å². The molecule has 3 atom stereocenters. The molecular weight excluding hydrogens is 938 g/mol. The van der Waals surface area contributed by atoms with E-state index >= 15 is 13.6 Å². The summed E-state index contributed by atoms with van der Waals surface area (Å²) in [7, 11) is -4.14. The van der Waals surface area contributed by atoms with Crippen molar-refractivity contribution in [1.29, 1.82) is 0 Å². The number of amides is 1. The van der Waals surface area contributed by atoms with Crippen LogP contribution >= 0.6 is 11.6 Å². The van der Waals surface area contributed by atoms with Crippen molar-refractivity contribution < 1.29 is 48.3 Å². The molecule has 13 nitrogen and oxygen atoms in total. The van der Waals surface area contributed by atoms with Crippen LogP contribution in [0.1, 0.15) is 71.3 Å². The normalized spacial score (nSPS) is 17.0. The van der Waals surface area contributed by atoms with Crippen molar-refractivity contribution in [2.45, 2.75) is 76.9 Å². The molecule has 1 fully saturated rings. The average molecular weight is 974 g/mol. The van der Waals surface area contributed by atoms with Gasteiger partial charge in [0.2, 0.25) is 15.9 Å². The van der Waals surface area contributed by atoms with Crippen LogP contribution in [0.15, 0.2) is 65.5 Å². The summed E-state index contributed by atoms with van der Waals surface area (Å²) in [6.45, 7) is 1.92. The van der Waals surface area contributed by atoms with Gasteiger partial charge in [0.25, 0.3) is 23.8 Å². The quantitative estimate of drug-likeness (QED) is 0.109. The maximum atomic E-state index is 15.6. The Bertz CT molecular complexity index is 3350. The highest BCUT2D eigenvalue weighted by Gasteiger charge is 2.67. The molecule has 0 unspecified atom stereocenters. The Morgan fingerprint density at radius 3 is 2.36 bits per heavy atom. The molecule has 0 radical (unpaired) electrons. The highest BCUT2D eigenvalue weighted by Crippen LogP contribution is 2.68. The van der Waals surface area contributed by atoms with E-state index in [4.69, 9.17) is 16.6 Å². The largest absolute Gasteiger partial charge is 0.344 e. The van der Waals surface area contributed by atoms with E-state index in [0.717, 1.165) is 33.2 Å². The molecule has 3 aromatic carbocycles. The van der Waals surface area contributed by atoms with Gasteiger partial charge in [-0.15, -0.1) is 0 Å². The minimum absolute atomic E-state index is 0.0250. The van der Waals surface area contributed by atoms with E-state index in [1.807, 2.05) is 13.0 Å². The van der Waals surface area contributed by atoms with E-state index in [1.165, 1.54) is 24.3 Å². The third kappa shape index (κ3) is 8.60. The van der Waals surface area contributed by atoms with Gasteiger partial charge >= 0.3 is 0 Å². The van der Waals surface area contributed by atoms with Crippen molar-refractivity contribution in [3.05, 3.63) is 127 Å². The summed E-state index contributed by atoms with van der Waals surface area (Å²) in [4.78, 5) is 38.9. The van der Waals surface area contributed by atoms with Crippen molar-refractivity contribution in [1.82, 2.24) is 39.4 Å². The zero-order valence-corrected chi connectivity index (χ0v) is 37.1. The van der Waals surface area contributed by atoms with Gasteiger partial charge < -0.3 is 5.32 Å². The highest BCUT2D eigenvalue weighted by atomic mass is 35.5. The Morgan fingerprint density at radius 2 is 1.70 bits per heavy atom. The number of aromatic nitrogens is 7. The molecule has 67 heavy (non-hydrogen) atoms. The molecule has 2 aliphatic carbocycles. The van der Waals surface area contributed by atoms with Crippen LogP contribution in [0.2, 0.25) is 5.02 Å². The summed E-state index contributed by atoms with van der Waals surface area (Å²) in [5.74, 6) is -13.4. The molecule has 350 valence electrons. The smallest absolute Gasteiger partial charge is 0.293 e. The summed E-state index contributed by atoms with van der Waals surface area (Å²) in [6.07, 6.45) is -3.11. The van der Waals surface area contributed by atoms with Crippen LogP contribution in [0.4, 0.5) is 40.9 Å². The lowest BCUT2D eigenvalue weighted by atomic mass is 10.0. The molecule has 1 amide bonds. The van der Waals surface area contributed by atoms with Crippen LogP contribution in [0, 0.1) is 31.4 Å². The lowest BCUT2D eigenvalue weighted by Gasteiger charge is -2.24. The van der Waals surface area contributed by atoms with E-state index in [0.29, 0.717) is 34.6 Å². The first-order chi connectivity index (χ1) is 31.4. The number of nitrogens with one attached hydrogen (secondary N) is 2. The minimum Gasteiger partial charge on any atom is -0.344 e. The lowest BCUT2D eigenvalue weighted by molar-refractivity contribution is -0.123. The first-order valence-electron chi connectivity index (χ1n) is 20.5. The molecule has 0 spiro atoms. The van der Waals surface area contributed by atoms with Crippen molar-refractivity contribution >= 4 is 55.2 Å². The van der Waals surface area contributed by atoms with Crippen molar-refractivity contribution in [2.75, 3.05) is 11.0 Å². The number of carbonyl (C=O) groups is 1. The number of anilines is 1. The predicted molar refractivity (Wildman–Crippen MR) is 230 cm³/mol. The van der Waals surface area contributed by atoms with Crippen LogP contribution in [0.25, 0.3) is 38.8 Å². The SMILES string of the molecule is Cc1cc(C)nc(-c2ccc3c(=O)n(-c4ccc(Cl)c5c(NS(C)(=O)=O)nn(CC(C)(F)F)c45)c([C@H](Cc4cc(F)cc(F)c4)NC(=O)Cn4nc(C(F)F)c5c4C(F)(F)[C@@H]4C[C@H]54)nc3c2)c1. The number of halogens is 9. The van der Waals surface area contributed by atoms with Gasteiger partial charge in [0.1, 0.15) is 41.9 Å². The highest BCUT2D eigenvalue weighted by molar-refractivity contribution is 7.92. The van der Waals surface area contributed by atoms with Crippen molar-refractivity contribution in [3.63, 3.8) is 0 Å². The number of fused-ring (bicyclic) bond motifs is 5. The fourth-order valence-electron chi connectivity index (χ4n) is 9.01. The van der Waals surface area contributed by atoms with E-state index < -0.39 is 112 Å². The number of rotatable bonds is 13. The Labute approximate surface area is 379 Å². The molecule has 1 saturated carbocycles. The Balaban J connectivity index is 1.30. The van der Waals surface area contributed by atoms with E-state index in [2.05, 4.69) is 25.2 Å². The van der Waals surface area contributed by atoms with Gasteiger partial charge in [-0.05, 0) is 85.8 Å². The third-order valence-corrected chi connectivity index (χ3v) is 12.4. The van der Waals surface area contributed by atoms with Gasteiger partial charge in [0.15, 0.2) is 5.82 Å². The van der Waals surface area contributed by atoms with Gasteiger partial charge in [-0.1, -0.05) is 17.7 Å². The fourth-order valence-corrected chi connectivity index (χ4v) is 9.75. The number of nitrogens with zero attached hydrogens (tertiary/aromatic N) is 7. The number of benzene rings is 3. The summed E-state index contributed by atoms with van der Waals surface area (Å²) >= 11 is 6.62. The standard InChI is InChI=1S/C44H36ClF8N9O4S/c1-19-9-20(2)54-29(10-19)22-5-6-25-30(14-22)56-41(62(42(25)64)32-8-7-28(45)35-37(32)61(18-43(3,50)51)58-40(35)59-67(4,65)66)31(13-21-11-23(46)15-24(47)12-21)55-33(63)17-60-38-34(36(57-60)39(48)49)26-16-27(26)44(38,52)53/h5-12,14-15,26-27,31,39H,13,16-18H2,1-4H3,(H,55,63)(H,58,59)/t26-,27+,31-/m0/s1. The van der Waals surface area contributed by atoms with Crippen LogP contribution in [0.5, 0.6) is 0 Å². The second-order valence-corrected chi connectivity index (χ2v) is 19.2. The molecule has 4 aromatic heterocycles. The first kappa shape index (κ1) is 45.7. The molecule has 0 saturated heterocycles. The molecule has 2 N–H and O–H groups in total. The van der Waals surface area contributed by atoms with E-state index in [9.17, 15) is 39.6 Å². The maximum Gasteiger partial charge on any atom is 0.293 e. The number of sulfonamides is 1. The average Bonchev–Trinajstić information content (AvgIpc) is 3.73. The number of hydrogen-bond acceptors (Lipinski definition) is 8. The number of aryl methyl sites for hydroxylation is 2.